The molecule has 1 saturated carbocycles. The Morgan fingerprint density at radius 1 is 1.27 bits per heavy atom. The third-order valence-electron chi connectivity index (χ3n) is 4.06. The Balaban J connectivity index is 2.05. The van der Waals surface area contributed by atoms with Crippen molar-refractivity contribution < 1.29 is 14.3 Å². The molecule has 0 heterocycles. The molecule has 122 valence electrons. The van der Waals surface area contributed by atoms with Gasteiger partial charge in [0.25, 0.3) is 5.91 Å². The number of methoxy groups -OCH3 is 1. The molecular formula is C18H27NO3. The van der Waals surface area contributed by atoms with Gasteiger partial charge in [0.05, 0.1) is 19.8 Å². The number of nitrogens with one attached hydrogen (secondary N) is 1. The summed E-state index contributed by atoms with van der Waals surface area (Å²) in [5.41, 5.74) is 1.58. The van der Waals surface area contributed by atoms with Crippen molar-refractivity contribution in [2.24, 2.45) is 0 Å². The van der Waals surface area contributed by atoms with Crippen LogP contribution in [0.15, 0.2) is 18.2 Å². The van der Waals surface area contributed by atoms with Crippen LogP contribution in [-0.4, -0.2) is 25.2 Å². The fourth-order valence-corrected chi connectivity index (χ4v) is 2.80. The van der Waals surface area contributed by atoms with E-state index in [0.29, 0.717) is 18.2 Å². The quantitative estimate of drug-likeness (QED) is 0.872. The van der Waals surface area contributed by atoms with Gasteiger partial charge in [-0.15, -0.1) is 0 Å². The van der Waals surface area contributed by atoms with Gasteiger partial charge < -0.3 is 14.8 Å². The predicted octanol–water partition coefficient (Wildman–Crippen LogP) is 3.68. The van der Waals surface area contributed by atoms with Gasteiger partial charge in [-0.2, -0.15) is 0 Å². The van der Waals surface area contributed by atoms with E-state index >= 15 is 0 Å². The van der Waals surface area contributed by atoms with Gasteiger partial charge >= 0.3 is 0 Å². The summed E-state index contributed by atoms with van der Waals surface area (Å²) in [6, 6.07) is 5.85. The molecule has 0 aromatic heterocycles. The Bertz CT molecular complexity index is 493. The van der Waals surface area contributed by atoms with Gasteiger partial charge in [-0.25, -0.2) is 0 Å². The van der Waals surface area contributed by atoms with E-state index < -0.39 is 0 Å². The first-order valence-corrected chi connectivity index (χ1v) is 8.19. The molecular weight excluding hydrogens is 278 g/mol. The van der Waals surface area contributed by atoms with Crippen LogP contribution in [0, 0.1) is 0 Å². The summed E-state index contributed by atoms with van der Waals surface area (Å²) in [6.07, 6.45) is 6.02. The van der Waals surface area contributed by atoms with E-state index in [2.05, 4.69) is 5.32 Å². The largest absolute Gasteiger partial charge is 0.496 e. The molecule has 1 aromatic carbocycles. The number of amides is 1. The van der Waals surface area contributed by atoms with Gasteiger partial charge in [0.15, 0.2) is 0 Å². The zero-order valence-electron chi connectivity index (χ0n) is 13.9. The third-order valence-corrected chi connectivity index (χ3v) is 4.06. The van der Waals surface area contributed by atoms with Gasteiger partial charge in [-0.05, 0) is 44.9 Å². The van der Waals surface area contributed by atoms with Crippen molar-refractivity contribution in [2.45, 2.75) is 64.7 Å². The lowest BCUT2D eigenvalue weighted by Gasteiger charge is -2.23. The van der Waals surface area contributed by atoms with E-state index in [1.165, 1.54) is 19.3 Å². The van der Waals surface area contributed by atoms with Crippen LogP contribution in [0.4, 0.5) is 0 Å². The van der Waals surface area contributed by atoms with Crippen molar-refractivity contribution in [2.75, 3.05) is 7.11 Å². The molecule has 22 heavy (non-hydrogen) atoms. The summed E-state index contributed by atoms with van der Waals surface area (Å²) in [6.45, 7) is 4.43. The summed E-state index contributed by atoms with van der Waals surface area (Å²) in [4.78, 5) is 12.4. The van der Waals surface area contributed by atoms with E-state index in [-0.39, 0.29) is 12.0 Å². The fourth-order valence-electron chi connectivity index (χ4n) is 2.80. The highest BCUT2D eigenvalue weighted by Crippen LogP contribution is 2.22. The lowest BCUT2D eigenvalue weighted by atomic mass is 9.95. The number of carbonyl (C=O) groups is 1. The molecule has 1 aliphatic carbocycles. The van der Waals surface area contributed by atoms with Gasteiger partial charge in [0, 0.05) is 17.2 Å². The molecule has 0 aliphatic heterocycles. The molecule has 0 bridgehead atoms. The van der Waals surface area contributed by atoms with E-state index in [9.17, 15) is 4.79 Å². The van der Waals surface area contributed by atoms with Gasteiger partial charge in [0.1, 0.15) is 5.75 Å². The van der Waals surface area contributed by atoms with Crippen molar-refractivity contribution >= 4 is 5.91 Å². The van der Waals surface area contributed by atoms with E-state index in [4.69, 9.17) is 9.47 Å². The Morgan fingerprint density at radius 2 is 2.00 bits per heavy atom. The van der Waals surface area contributed by atoms with Gasteiger partial charge in [0.2, 0.25) is 0 Å². The zero-order chi connectivity index (χ0) is 15.9. The maximum Gasteiger partial charge on any atom is 0.251 e. The maximum absolute atomic E-state index is 12.4. The lowest BCUT2D eigenvalue weighted by Crippen LogP contribution is -2.36. The SMILES string of the molecule is COc1ccc(C(=O)NC2CCCCC2)cc1COC(C)C. The Morgan fingerprint density at radius 3 is 2.64 bits per heavy atom. The van der Waals surface area contributed by atoms with E-state index in [1.807, 2.05) is 32.0 Å². The molecule has 1 fully saturated rings. The second-order valence-corrected chi connectivity index (χ2v) is 6.19. The topological polar surface area (TPSA) is 47.6 Å². The highest BCUT2D eigenvalue weighted by Gasteiger charge is 2.17. The second-order valence-electron chi connectivity index (χ2n) is 6.19. The average molecular weight is 305 g/mol. The molecule has 0 saturated heterocycles. The van der Waals surface area contributed by atoms with Crippen LogP contribution in [0.5, 0.6) is 5.75 Å². The molecule has 2 rings (SSSR count). The molecule has 1 aromatic rings. The minimum absolute atomic E-state index is 0.000324. The zero-order valence-corrected chi connectivity index (χ0v) is 13.9. The first-order valence-electron chi connectivity index (χ1n) is 8.19. The van der Waals surface area contributed by atoms with E-state index in [1.54, 1.807) is 7.11 Å². The van der Waals surface area contributed by atoms with Crippen LogP contribution in [-0.2, 0) is 11.3 Å². The van der Waals surface area contributed by atoms with Crippen molar-refractivity contribution in [1.82, 2.24) is 5.32 Å². The van der Waals surface area contributed by atoms with Crippen molar-refractivity contribution in [3.05, 3.63) is 29.3 Å². The molecule has 1 N–H and O–H groups in total. The number of ether oxygens (including phenoxy) is 2. The normalized spacial score (nSPS) is 15.8. The monoisotopic (exact) mass is 305 g/mol. The van der Waals surface area contributed by atoms with Crippen LogP contribution >= 0.6 is 0 Å². The number of carbonyl (C=O) groups excluding carboxylic acids is 1. The van der Waals surface area contributed by atoms with E-state index in [0.717, 1.165) is 24.2 Å². The Labute approximate surface area is 133 Å². The Hall–Kier alpha value is -1.55. The predicted molar refractivity (Wildman–Crippen MR) is 87.3 cm³/mol. The summed E-state index contributed by atoms with van der Waals surface area (Å²) in [7, 11) is 1.63. The summed E-state index contributed by atoms with van der Waals surface area (Å²) in [5.74, 6) is 0.759. The molecule has 0 atom stereocenters. The molecule has 4 heteroatoms. The fraction of sp³-hybridized carbons (Fsp3) is 0.611. The smallest absolute Gasteiger partial charge is 0.251 e. The first kappa shape index (κ1) is 16.8. The third kappa shape index (κ3) is 4.73. The van der Waals surface area contributed by atoms with Crippen LogP contribution in [0.3, 0.4) is 0 Å². The number of hydrogen-bond donors (Lipinski definition) is 1. The summed E-state index contributed by atoms with van der Waals surface area (Å²) in [5, 5.41) is 3.14. The van der Waals surface area contributed by atoms with Crippen LogP contribution < -0.4 is 10.1 Å². The van der Waals surface area contributed by atoms with Gasteiger partial charge in [-0.3, -0.25) is 4.79 Å². The highest BCUT2D eigenvalue weighted by molar-refractivity contribution is 5.94. The standard InChI is InChI=1S/C18H27NO3/c1-13(2)22-12-15-11-14(9-10-17(15)21-3)18(20)19-16-7-5-4-6-8-16/h9-11,13,16H,4-8,12H2,1-3H3,(H,19,20). The summed E-state index contributed by atoms with van der Waals surface area (Å²) < 4.78 is 11.0. The minimum atomic E-state index is 0.000324. The first-order chi connectivity index (χ1) is 10.6. The Kier molecular flexibility index (Phi) is 6.25. The number of benzene rings is 1. The molecule has 1 aliphatic rings. The average Bonchev–Trinajstić information content (AvgIpc) is 2.53. The lowest BCUT2D eigenvalue weighted by molar-refractivity contribution is 0.0644. The molecule has 1 amide bonds. The highest BCUT2D eigenvalue weighted by atomic mass is 16.5. The van der Waals surface area contributed by atoms with Gasteiger partial charge in [-0.1, -0.05) is 19.3 Å². The molecule has 4 nitrogen and oxygen atoms in total. The maximum atomic E-state index is 12.4. The van der Waals surface area contributed by atoms with Crippen molar-refractivity contribution in [3.8, 4) is 5.75 Å². The summed E-state index contributed by atoms with van der Waals surface area (Å²) >= 11 is 0. The minimum Gasteiger partial charge on any atom is -0.496 e. The molecule has 0 unspecified atom stereocenters. The van der Waals surface area contributed by atoms with Crippen LogP contribution in [0.2, 0.25) is 0 Å². The number of hydrogen-bond acceptors (Lipinski definition) is 3. The molecule has 0 radical (unpaired) electrons. The second kappa shape index (κ2) is 8.18. The molecule has 0 spiro atoms. The number of rotatable bonds is 6. The van der Waals surface area contributed by atoms with Crippen molar-refractivity contribution in [1.29, 1.82) is 0 Å². The van der Waals surface area contributed by atoms with Crippen LogP contribution in [0.1, 0.15) is 61.9 Å². The van der Waals surface area contributed by atoms with Crippen LogP contribution in [0.25, 0.3) is 0 Å². The van der Waals surface area contributed by atoms with Crippen molar-refractivity contribution in [3.63, 3.8) is 0 Å².